The molecule has 1 spiro atoms. The molecule has 7 rings (SSSR count). The van der Waals surface area contributed by atoms with E-state index in [0.29, 0.717) is 23.7 Å². The molecule has 6 nitrogen and oxygen atoms in total. The number of anilines is 1. The Morgan fingerprint density at radius 1 is 0.933 bits per heavy atom. The zero-order valence-electron chi connectivity index (χ0n) is 24.5. The normalized spacial score (nSPS) is 22.4. The molecular formula is C35H29Br2N3O3S2. The van der Waals surface area contributed by atoms with Gasteiger partial charge in [0.25, 0.3) is 5.91 Å². The van der Waals surface area contributed by atoms with Crippen LogP contribution in [0.15, 0.2) is 122 Å². The minimum atomic E-state index is -3.64. The first-order chi connectivity index (χ1) is 21.5. The Labute approximate surface area is 284 Å². The number of nitrogens with zero attached hydrogens (tertiary/aromatic N) is 2. The molecule has 0 saturated heterocycles. The van der Waals surface area contributed by atoms with Crippen LogP contribution in [-0.4, -0.2) is 25.6 Å². The van der Waals surface area contributed by atoms with Gasteiger partial charge in [-0.05, 0) is 53.9 Å². The maximum atomic E-state index is 15.1. The molecule has 0 aromatic heterocycles. The van der Waals surface area contributed by atoms with E-state index in [1.54, 1.807) is 11.8 Å². The summed E-state index contributed by atoms with van der Waals surface area (Å²) in [5, 5.41) is 0.593. The van der Waals surface area contributed by atoms with Gasteiger partial charge >= 0.3 is 0 Å². The fraction of sp³-hybridized carbons (Fsp3) is 0.200. The third-order valence-corrected chi connectivity index (χ3v) is 11.5. The van der Waals surface area contributed by atoms with Gasteiger partial charge < -0.3 is 4.90 Å². The van der Waals surface area contributed by atoms with E-state index in [4.69, 9.17) is 4.99 Å². The number of aryl methyl sites for hydroxylation is 1. The van der Waals surface area contributed by atoms with Crippen LogP contribution in [0.25, 0.3) is 0 Å². The molecule has 45 heavy (non-hydrogen) atoms. The standard InChI is InChI=1S/C35H29Br2N3O3S2/c1-21-8-17-29-27(18-21)35(34(41)40(29)20-22-6-4-3-5-7-22)32(24-11-15-26(37)16-12-24)31-28(39-45(2,42)43)19-30(44-33(31)38-35)23-9-13-25(36)14-10-23/h3-18,30,32,39H,19-20H2,1-2H3/t30-,32+,35-/m0/s1. The fourth-order valence-corrected chi connectivity index (χ4v) is 9.21. The number of halogens is 2. The monoisotopic (exact) mass is 761 g/mol. The number of fused-ring (bicyclic) bond motifs is 3. The van der Waals surface area contributed by atoms with E-state index in [0.717, 1.165) is 48.0 Å². The van der Waals surface area contributed by atoms with E-state index < -0.39 is 21.5 Å². The average molecular weight is 764 g/mol. The van der Waals surface area contributed by atoms with Gasteiger partial charge in [-0.1, -0.05) is 116 Å². The molecule has 3 heterocycles. The number of hydrogen-bond acceptors (Lipinski definition) is 5. The molecule has 1 amide bonds. The van der Waals surface area contributed by atoms with Gasteiger partial charge in [0.15, 0.2) is 5.54 Å². The van der Waals surface area contributed by atoms with Gasteiger partial charge in [0.05, 0.1) is 29.4 Å². The first-order valence-electron chi connectivity index (χ1n) is 14.5. The molecule has 0 radical (unpaired) electrons. The molecular weight excluding hydrogens is 734 g/mol. The molecule has 0 fully saturated rings. The predicted molar refractivity (Wildman–Crippen MR) is 189 cm³/mol. The van der Waals surface area contributed by atoms with Gasteiger partial charge in [-0.15, -0.1) is 0 Å². The molecule has 1 N–H and O–H groups in total. The number of carbonyl (C=O) groups excluding carboxylic acids is 1. The predicted octanol–water partition coefficient (Wildman–Crippen LogP) is 8.14. The summed E-state index contributed by atoms with van der Waals surface area (Å²) in [4.78, 5) is 22.4. The second-order valence-corrected chi connectivity index (χ2v) is 16.5. The summed E-state index contributed by atoms with van der Waals surface area (Å²) in [6, 6.07) is 32.1. The van der Waals surface area contributed by atoms with Crippen LogP contribution in [0.3, 0.4) is 0 Å². The highest BCUT2D eigenvalue weighted by atomic mass is 79.9. The quantitative estimate of drug-likeness (QED) is 0.215. The Kier molecular flexibility index (Phi) is 7.83. The van der Waals surface area contributed by atoms with Crippen LogP contribution in [0.4, 0.5) is 5.69 Å². The van der Waals surface area contributed by atoms with Crippen molar-refractivity contribution in [2.75, 3.05) is 11.2 Å². The van der Waals surface area contributed by atoms with Crippen molar-refractivity contribution in [2.45, 2.75) is 36.6 Å². The number of allylic oxidation sites excluding steroid dienone is 1. The highest BCUT2D eigenvalue weighted by Crippen LogP contribution is 2.62. The first kappa shape index (κ1) is 30.5. The Morgan fingerprint density at radius 2 is 1.58 bits per heavy atom. The molecule has 3 aliphatic rings. The number of sulfonamides is 1. The van der Waals surface area contributed by atoms with Gasteiger partial charge in [0.1, 0.15) is 0 Å². The molecule has 4 aromatic rings. The van der Waals surface area contributed by atoms with Gasteiger partial charge in [-0.2, -0.15) is 0 Å². The summed E-state index contributed by atoms with van der Waals surface area (Å²) in [7, 11) is -3.64. The van der Waals surface area contributed by atoms with E-state index >= 15 is 4.79 Å². The summed E-state index contributed by atoms with van der Waals surface area (Å²) in [5.74, 6) is -0.661. The Hall–Kier alpha value is -3.18. The first-order valence-corrected chi connectivity index (χ1v) is 18.8. The second kappa shape index (κ2) is 11.6. The van der Waals surface area contributed by atoms with E-state index in [9.17, 15) is 8.42 Å². The molecule has 0 unspecified atom stereocenters. The summed E-state index contributed by atoms with van der Waals surface area (Å²) < 4.78 is 30.5. The third kappa shape index (κ3) is 5.49. The van der Waals surface area contributed by atoms with Crippen molar-refractivity contribution in [3.05, 3.63) is 145 Å². The zero-order valence-corrected chi connectivity index (χ0v) is 29.3. The Morgan fingerprint density at radius 3 is 2.22 bits per heavy atom. The lowest BCUT2D eigenvalue weighted by atomic mass is 9.73. The van der Waals surface area contributed by atoms with Gasteiger partial charge in [-0.25, -0.2) is 8.42 Å². The molecule has 228 valence electrons. The minimum absolute atomic E-state index is 0.0977. The number of hydrogen-bond donors (Lipinski definition) is 1. The van der Waals surface area contributed by atoms with Crippen LogP contribution in [0.5, 0.6) is 0 Å². The number of amides is 1. The van der Waals surface area contributed by atoms with Crippen LogP contribution in [0.1, 0.15) is 45.4 Å². The second-order valence-electron chi connectivity index (χ2n) is 11.7. The Balaban J connectivity index is 1.48. The van der Waals surface area contributed by atoms with Crippen molar-refractivity contribution < 1.29 is 13.2 Å². The summed E-state index contributed by atoms with van der Waals surface area (Å²) in [6.45, 7) is 2.42. The fourth-order valence-electron chi connectivity index (χ4n) is 6.66. The molecule has 4 aromatic carbocycles. The SMILES string of the molecule is Cc1ccc2c(c1)[C@@]1(N=C3S[C@H](c4ccc(Br)cc4)CC(NS(C)(=O)=O)=C3[C@H]1c1ccc(Br)cc1)C(=O)N2Cc1ccccc1. The number of aliphatic imine (C=N–C) groups is 1. The topological polar surface area (TPSA) is 78.8 Å². The van der Waals surface area contributed by atoms with Crippen LogP contribution in [0.2, 0.25) is 0 Å². The van der Waals surface area contributed by atoms with Crippen LogP contribution >= 0.6 is 43.6 Å². The van der Waals surface area contributed by atoms with Gasteiger partial charge in [0, 0.05) is 37.4 Å². The summed E-state index contributed by atoms with van der Waals surface area (Å²) >= 11 is 8.69. The molecule has 0 bridgehead atoms. The highest BCUT2D eigenvalue weighted by Gasteiger charge is 2.62. The Bertz CT molecular complexity index is 2000. The smallest absolute Gasteiger partial charge is 0.260 e. The average Bonchev–Trinajstić information content (AvgIpc) is 3.46. The van der Waals surface area contributed by atoms with Crippen molar-refractivity contribution in [3.8, 4) is 0 Å². The zero-order chi connectivity index (χ0) is 31.5. The molecule has 3 atom stereocenters. The van der Waals surface area contributed by atoms with E-state index in [2.05, 4.69) is 42.6 Å². The number of nitrogens with one attached hydrogen (secondary N) is 1. The van der Waals surface area contributed by atoms with Crippen molar-refractivity contribution in [1.29, 1.82) is 0 Å². The van der Waals surface area contributed by atoms with Gasteiger partial charge in [-0.3, -0.25) is 14.5 Å². The lowest BCUT2D eigenvalue weighted by Crippen LogP contribution is -2.42. The number of rotatable bonds is 6. The lowest BCUT2D eigenvalue weighted by Gasteiger charge is -2.33. The van der Waals surface area contributed by atoms with Crippen molar-refractivity contribution in [3.63, 3.8) is 0 Å². The van der Waals surface area contributed by atoms with Crippen molar-refractivity contribution >= 4 is 70.3 Å². The van der Waals surface area contributed by atoms with Crippen LogP contribution in [-0.2, 0) is 26.9 Å². The van der Waals surface area contributed by atoms with E-state index in [1.165, 1.54) is 6.26 Å². The number of carbonyl (C=O) groups is 1. The largest absolute Gasteiger partial charge is 0.305 e. The third-order valence-electron chi connectivity index (χ3n) is 8.55. The van der Waals surface area contributed by atoms with Crippen molar-refractivity contribution in [1.82, 2.24) is 4.72 Å². The van der Waals surface area contributed by atoms with E-state index in [-0.39, 0.29) is 11.2 Å². The summed E-state index contributed by atoms with van der Waals surface area (Å²) in [6.07, 6.45) is 1.62. The maximum Gasteiger partial charge on any atom is 0.260 e. The van der Waals surface area contributed by atoms with Crippen LogP contribution < -0.4 is 9.62 Å². The van der Waals surface area contributed by atoms with Gasteiger partial charge in [0.2, 0.25) is 10.0 Å². The molecule has 0 aliphatic carbocycles. The maximum absolute atomic E-state index is 15.1. The minimum Gasteiger partial charge on any atom is -0.305 e. The number of thioether (sulfide) groups is 1. The van der Waals surface area contributed by atoms with E-state index in [1.807, 2.05) is 103 Å². The molecule has 3 aliphatic heterocycles. The summed E-state index contributed by atoms with van der Waals surface area (Å²) in [5.41, 5.74) is 5.69. The lowest BCUT2D eigenvalue weighted by molar-refractivity contribution is -0.123. The highest BCUT2D eigenvalue weighted by molar-refractivity contribution is 9.10. The van der Waals surface area contributed by atoms with Crippen molar-refractivity contribution in [2.24, 2.45) is 4.99 Å². The molecule has 10 heteroatoms. The number of benzene rings is 4. The molecule has 0 saturated carbocycles. The van der Waals surface area contributed by atoms with Crippen LogP contribution in [0, 0.1) is 6.92 Å².